The fourth-order valence-electron chi connectivity index (χ4n) is 3.67. The maximum Gasteiger partial charge on any atom is 0.193 e. The van der Waals surface area contributed by atoms with Crippen molar-refractivity contribution >= 4 is 16.6 Å². The molecule has 4 rings (SSSR count). The summed E-state index contributed by atoms with van der Waals surface area (Å²) < 4.78 is 0. The zero-order valence-corrected chi connectivity index (χ0v) is 12.7. The van der Waals surface area contributed by atoms with Gasteiger partial charge in [0.05, 0.1) is 0 Å². The lowest BCUT2D eigenvalue weighted by Crippen LogP contribution is -2.07. The molecule has 0 aromatic heterocycles. The largest absolute Gasteiger partial charge is 0.289 e. The van der Waals surface area contributed by atoms with Crippen LogP contribution in [0.3, 0.4) is 0 Å². The normalized spacial score (nSPS) is 13.3. The van der Waals surface area contributed by atoms with Gasteiger partial charge in [-0.2, -0.15) is 0 Å². The monoisotopic (exact) mass is 286 g/mol. The molecule has 0 bridgehead atoms. The molecule has 0 heterocycles. The zero-order valence-electron chi connectivity index (χ0n) is 12.7. The second kappa shape index (κ2) is 5.10. The summed E-state index contributed by atoms with van der Waals surface area (Å²) in [6, 6.07) is 18.2. The van der Waals surface area contributed by atoms with Crippen LogP contribution in [-0.2, 0) is 12.8 Å². The summed E-state index contributed by atoms with van der Waals surface area (Å²) in [5.74, 6) is 0.162. The Morgan fingerprint density at radius 3 is 2.50 bits per heavy atom. The van der Waals surface area contributed by atoms with E-state index in [-0.39, 0.29) is 5.78 Å². The van der Waals surface area contributed by atoms with Gasteiger partial charge in [-0.3, -0.25) is 4.79 Å². The molecule has 0 atom stereocenters. The number of fused-ring (bicyclic) bond motifs is 2. The number of benzene rings is 3. The minimum absolute atomic E-state index is 0.162. The van der Waals surface area contributed by atoms with E-state index >= 15 is 0 Å². The molecular formula is C21H18O. The molecule has 22 heavy (non-hydrogen) atoms. The minimum atomic E-state index is 0.162. The fourth-order valence-corrected chi connectivity index (χ4v) is 3.67. The van der Waals surface area contributed by atoms with Crippen molar-refractivity contribution in [2.45, 2.75) is 26.2 Å². The maximum atomic E-state index is 13.1. The molecule has 108 valence electrons. The van der Waals surface area contributed by atoms with E-state index in [2.05, 4.69) is 25.1 Å². The second-order valence-corrected chi connectivity index (χ2v) is 6.10. The van der Waals surface area contributed by atoms with Gasteiger partial charge in [0.15, 0.2) is 5.78 Å². The summed E-state index contributed by atoms with van der Waals surface area (Å²) in [6.07, 6.45) is 3.30. The molecule has 0 unspecified atom stereocenters. The van der Waals surface area contributed by atoms with Crippen LogP contribution in [0.5, 0.6) is 0 Å². The second-order valence-electron chi connectivity index (χ2n) is 6.10. The zero-order chi connectivity index (χ0) is 15.1. The lowest BCUT2D eigenvalue weighted by atomic mass is 9.91. The van der Waals surface area contributed by atoms with Crippen LogP contribution in [0.1, 0.15) is 39.0 Å². The van der Waals surface area contributed by atoms with Crippen LogP contribution in [0.4, 0.5) is 0 Å². The lowest BCUT2D eigenvalue weighted by molar-refractivity contribution is 0.103. The van der Waals surface area contributed by atoms with Crippen molar-refractivity contribution in [3.8, 4) is 0 Å². The molecule has 0 spiro atoms. The van der Waals surface area contributed by atoms with E-state index < -0.39 is 0 Å². The van der Waals surface area contributed by atoms with Gasteiger partial charge < -0.3 is 0 Å². The van der Waals surface area contributed by atoms with Crippen molar-refractivity contribution in [3.63, 3.8) is 0 Å². The third-order valence-electron chi connectivity index (χ3n) is 4.80. The van der Waals surface area contributed by atoms with Crippen LogP contribution >= 0.6 is 0 Å². The van der Waals surface area contributed by atoms with Crippen molar-refractivity contribution in [1.29, 1.82) is 0 Å². The SMILES string of the molecule is Cc1ccc(C(=O)c2cccc3ccccc23)c2c1CCC2. The third kappa shape index (κ3) is 1.97. The van der Waals surface area contributed by atoms with Crippen molar-refractivity contribution < 1.29 is 4.79 Å². The predicted octanol–water partition coefficient (Wildman–Crippen LogP) is 4.87. The van der Waals surface area contributed by atoms with Gasteiger partial charge in [0.25, 0.3) is 0 Å². The van der Waals surface area contributed by atoms with Crippen LogP contribution in [0.25, 0.3) is 10.8 Å². The molecule has 1 nitrogen and oxygen atoms in total. The fraction of sp³-hybridized carbons (Fsp3) is 0.190. The Morgan fingerprint density at radius 2 is 1.59 bits per heavy atom. The van der Waals surface area contributed by atoms with E-state index in [1.807, 2.05) is 36.4 Å². The van der Waals surface area contributed by atoms with Crippen LogP contribution in [0, 0.1) is 6.92 Å². The van der Waals surface area contributed by atoms with E-state index in [4.69, 9.17) is 0 Å². The van der Waals surface area contributed by atoms with Gasteiger partial charge in [-0.15, -0.1) is 0 Å². The van der Waals surface area contributed by atoms with Crippen molar-refractivity contribution in [2.75, 3.05) is 0 Å². The molecule has 0 saturated carbocycles. The first-order valence-electron chi connectivity index (χ1n) is 7.89. The van der Waals surface area contributed by atoms with Gasteiger partial charge in [0.1, 0.15) is 0 Å². The van der Waals surface area contributed by atoms with Crippen LogP contribution < -0.4 is 0 Å². The van der Waals surface area contributed by atoms with E-state index in [0.717, 1.165) is 41.2 Å². The first-order valence-corrected chi connectivity index (χ1v) is 7.89. The van der Waals surface area contributed by atoms with Gasteiger partial charge >= 0.3 is 0 Å². The summed E-state index contributed by atoms with van der Waals surface area (Å²) in [4.78, 5) is 13.1. The molecule has 0 aliphatic heterocycles. The summed E-state index contributed by atoms with van der Waals surface area (Å²) in [5.41, 5.74) is 5.71. The number of hydrogen-bond acceptors (Lipinski definition) is 1. The highest BCUT2D eigenvalue weighted by molar-refractivity contribution is 6.17. The molecule has 1 aliphatic rings. The molecule has 0 N–H and O–H groups in total. The smallest absolute Gasteiger partial charge is 0.193 e. The van der Waals surface area contributed by atoms with Gasteiger partial charge in [-0.05, 0) is 53.6 Å². The minimum Gasteiger partial charge on any atom is -0.289 e. The van der Waals surface area contributed by atoms with Gasteiger partial charge in [-0.25, -0.2) is 0 Å². The highest BCUT2D eigenvalue weighted by Gasteiger charge is 2.22. The summed E-state index contributed by atoms with van der Waals surface area (Å²) in [7, 11) is 0. The Hall–Kier alpha value is -2.41. The number of aryl methyl sites for hydroxylation is 1. The lowest BCUT2D eigenvalue weighted by Gasteiger charge is -2.11. The van der Waals surface area contributed by atoms with Crippen molar-refractivity contribution in [3.05, 3.63) is 82.4 Å². The Bertz CT molecular complexity index is 884. The third-order valence-corrected chi connectivity index (χ3v) is 4.80. The van der Waals surface area contributed by atoms with Gasteiger partial charge in [-0.1, -0.05) is 54.6 Å². The molecule has 0 saturated heterocycles. The number of carbonyl (C=O) groups is 1. The van der Waals surface area contributed by atoms with Crippen LogP contribution in [0.2, 0.25) is 0 Å². The topological polar surface area (TPSA) is 17.1 Å². The van der Waals surface area contributed by atoms with Gasteiger partial charge in [0, 0.05) is 11.1 Å². The molecule has 1 aliphatic carbocycles. The maximum absolute atomic E-state index is 13.1. The summed E-state index contributed by atoms with van der Waals surface area (Å²) >= 11 is 0. The predicted molar refractivity (Wildman–Crippen MR) is 90.6 cm³/mol. The van der Waals surface area contributed by atoms with Crippen molar-refractivity contribution in [1.82, 2.24) is 0 Å². The van der Waals surface area contributed by atoms with Gasteiger partial charge in [0.2, 0.25) is 0 Å². The Balaban J connectivity index is 1.91. The van der Waals surface area contributed by atoms with E-state index in [1.54, 1.807) is 0 Å². The average Bonchev–Trinajstić information content (AvgIpc) is 3.05. The molecule has 1 heteroatoms. The highest BCUT2D eigenvalue weighted by atomic mass is 16.1. The molecule has 0 amide bonds. The van der Waals surface area contributed by atoms with Crippen LogP contribution in [0.15, 0.2) is 54.6 Å². The molecular weight excluding hydrogens is 268 g/mol. The number of rotatable bonds is 2. The van der Waals surface area contributed by atoms with Crippen LogP contribution in [-0.4, -0.2) is 5.78 Å². The summed E-state index contributed by atoms with van der Waals surface area (Å²) in [6.45, 7) is 2.15. The molecule has 0 radical (unpaired) electrons. The number of ketones is 1. The highest BCUT2D eigenvalue weighted by Crippen LogP contribution is 2.31. The molecule has 3 aromatic rings. The quantitative estimate of drug-likeness (QED) is 0.614. The van der Waals surface area contributed by atoms with Crippen molar-refractivity contribution in [2.24, 2.45) is 0 Å². The first-order chi connectivity index (χ1) is 10.8. The Labute approximate surface area is 130 Å². The molecule has 0 fully saturated rings. The van der Waals surface area contributed by atoms with E-state index in [0.29, 0.717) is 0 Å². The van der Waals surface area contributed by atoms with E-state index in [9.17, 15) is 4.79 Å². The number of hydrogen-bond donors (Lipinski definition) is 0. The molecule has 3 aromatic carbocycles. The average molecular weight is 286 g/mol. The first kappa shape index (κ1) is 13.3. The Morgan fingerprint density at radius 1 is 0.818 bits per heavy atom. The standard InChI is InChI=1S/C21H18O/c1-14-12-13-20(18-10-5-9-16(14)18)21(22)19-11-4-7-15-6-2-3-8-17(15)19/h2-4,6-8,11-13H,5,9-10H2,1H3. The Kier molecular flexibility index (Phi) is 3.07. The number of carbonyl (C=O) groups excluding carboxylic acids is 1. The van der Waals surface area contributed by atoms with E-state index in [1.165, 1.54) is 16.7 Å². The summed E-state index contributed by atoms with van der Waals surface area (Å²) in [5, 5.41) is 2.17.